The number of hydrogen-bond acceptors (Lipinski definition) is 4. The van der Waals surface area contributed by atoms with Gasteiger partial charge in [0.15, 0.2) is 6.10 Å². The van der Waals surface area contributed by atoms with Crippen molar-refractivity contribution in [2.45, 2.75) is 19.6 Å². The van der Waals surface area contributed by atoms with Gasteiger partial charge < -0.3 is 19.2 Å². The van der Waals surface area contributed by atoms with Crippen LogP contribution in [0.1, 0.15) is 23.0 Å². The third-order valence-electron chi connectivity index (χ3n) is 3.34. The van der Waals surface area contributed by atoms with Crippen LogP contribution >= 0.6 is 0 Å². The number of amides is 1. The van der Waals surface area contributed by atoms with Crippen LogP contribution in [0.25, 0.3) is 0 Å². The Morgan fingerprint density at radius 2 is 2.10 bits per heavy atom. The second-order valence-electron chi connectivity index (χ2n) is 4.73. The minimum atomic E-state index is -1.16. The summed E-state index contributed by atoms with van der Waals surface area (Å²) in [6.45, 7) is 1.79. The van der Waals surface area contributed by atoms with Crippen molar-refractivity contribution in [2.24, 2.45) is 0 Å². The Morgan fingerprint density at radius 3 is 2.86 bits per heavy atom. The highest BCUT2D eigenvalue weighted by atomic mass is 16.5. The Kier molecular flexibility index (Phi) is 3.13. The molecule has 1 aliphatic rings. The van der Waals surface area contributed by atoms with E-state index in [9.17, 15) is 9.59 Å². The molecule has 2 aromatic rings. The number of aromatic carboxylic acids is 1. The monoisotopic (exact) mass is 287 g/mol. The van der Waals surface area contributed by atoms with Crippen molar-refractivity contribution >= 4 is 17.6 Å². The van der Waals surface area contributed by atoms with E-state index in [0.717, 1.165) is 0 Å². The first-order valence-electron chi connectivity index (χ1n) is 6.44. The minimum Gasteiger partial charge on any atom is -0.479 e. The molecule has 21 heavy (non-hydrogen) atoms. The molecular weight excluding hydrogens is 274 g/mol. The van der Waals surface area contributed by atoms with Gasteiger partial charge in [0, 0.05) is 5.56 Å². The lowest BCUT2D eigenvalue weighted by Crippen LogP contribution is -2.44. The number of carboxylic acid groups (broad SMARTS) is 1. The van der Waals surface area contributed by atoms with Gasteiger partial charge in [-0.1, -0.05) is 12.1 Å². The summed E-state index contributed by atoms with van der Waals surface area (Å²) in [5.41, 5.74) is 1.07. The van der Waals surface area contributed by atoms with Crippen LogP contribution in [0.3, 0.4) is 0 Å². The van der Waals surface area contributed by atoms with Crippen molar-refractivity contribution in [1.29, 1.82) is 0 Å². The zero-order chi connectivity index (χ0) is 15.0. The van der Waals surface area contributed by atoms with E-state index in [1.165, 1.54) is 11.2 Å². The van der Waals surface area contributed by atoms with Crippen molar-refractivity contribution in [1.82, 2.24) is 0 Å². The number of carboxylic acids is 1. The van der Waals surface area contributed by atoms with Crippen LogP contribution in [0.15, 0.2) is 41.0 Å². The fraction of sp³-hybridized carbons (Fsp3) is 0.200. The molecule has 1 N–H and O–H groups in total. The van der Waals surface area contributed by atoms with Crippen molar-refractivity contribution in [3.63, 3.8) is 0 Å². The molecule has 1 unspecified atom stereocenters. The molecule has 0 aliphatic carbocycles. The van der Waals surface area contributed by atoms with Crippen molar-refractivity contribution in [2.75, 3.05) is 4.90 Å². The Balaban J connectivity index is 1.99. The number of furan rings is 1. The van der Waals surface area contributed by atoms with Crippen LogP contribution in [0.5, 0.6) is 5.75 Å². The van der Waals surface area contributed by atoms with Crippen molar-refractivity contribution in [3.05, 3.63) is 47.9 Å². The number of carbonyl (C=O) groups is 2. The Morgan fingerprint density at radius 1 is 1.33 bits per heavy atom. The average molecular weight is 287 g/mol. The first kappa shape index (κ1) is 13.2. The molecule has 6 heteroatoms. The predicted octanol–water partition coefficient (Wildman–Crippen LogP) is 2.29. The number of rotatable bonds is 3. The average Bonchev–Trinajstić information content (AvgIpc) is 2.92. The lowest BCUT2D eigenvalue weighted by Gasteiger charge is -2.32. The largest absolute Gasteiger partial charge is 0.479 e. The lowest BCUT2D eigenvalue weighted by atomic mass is 10.1. The third kappa shape index (κ3) is 2.24. The maximum Gasteiger partial charge on any atom is 0.372 e. The molecule has 1 aromatic carbocycles. The van der Waals surface area contributed by atoms with Gasteiger partial charge >= 0.3 is 5.97 Å². The van der Waals surface area contributed by atoms with Crippen molar-refractivity contribution < 1.29 is 23.8 Å². The predicted molar refractivity (Wildman–Crippen MR) is 73.4 cm³/mol. The van der Waals surface area contributed by atoms with E-state index >= 15 is 0 Å². The van der Waals surface area contributed by atoms with E-state index in [1.54, 1.807) is 31.2 Å². The molecule has 0 saturated heterocycles. The molecule has 0 fully saturated rings. The van der Waals surface area contributed by atoms with Gasteiger partial charge in [-0.15, -0.1) is 0 Å². The van der Waals surface area contributed by atoms with Gasteiger partial charge in [0.25, 0.3) is 5.91 Å². The number of benzene rings is 1. The molecule has 0 bridgehead atoms. The third-order valence-corrected chi connectivity index (χ3v) is 3.34. The highest BCUT2D eigenvalue weighted by Gasteiger charge is 2.32. The normalized spacial score (nSPS) is 17.3. The molecule has 2 heterocycles. The van der Waals surface area contributed by atoms with Gasteiger partial charge in [0.05, 0.1) is 18.5 Å². The molecule has 1 atom stereocenters. The zero-order valence-corrected chi connectivity index (χ0v) is 11.3. The summed E-state index contributed by atoms with van der Waals surface area (Å²) in [7, 11) is 0. The standard InChI is InChI=1S/C15H13NO5/c1-9-14(17)16(11-4-2-3-5-12(11)21-9)8-10-6-7-20-13(10)15(18)19/h2-7,9H,8H2,1H3,(H,18,19). The topological polar surface area (TPSA) is 80.0 Å². The second-order valence-corrected chi connectivity index (χ2v) is 4.73. The van der Waals surface area contributed by atoms with Gasteiger partial charge in [0.1, 0.15) is 5.75 Å². The van der Waals surface area contributed by atoms with E-state index in [4.69, 9.17) is 14.3 Å². The quantitative estimate of drug-likeness (QED) is 0.936. The number of anilines is 1. The van der Waals surface area contributed by atoms with E-state index < -0.39 is 12.1 Å². The highest BCUT2D eigenvalue weighted by Crippen LogP contribution is 2.35. The van der Waals surface area contributed by atoms with E-state index in [2.05, 4.69) is 0 Å². The van der Waals surface area contributed by atoms with Crippen LogP contribution in [0.4, 0.5) is 5.69 Å². The molecule has 108 valence electrons. The van der Waals surface area contributed by atoms with Gasteiger partial charge in [-0.3, -0.25) is 4.79 Å². The van der Waals surface area contributed by atoms with E-state index in [-0.39, 0.29) is 18.2 Å². The number of ether oxygens (including phenoxy) is 1. The van der Waals surface area contributed by atoms with Gasteiger partial charge in [-0.25, -0.2) is 4.79 Å². The number of para-hydroxylation sites is 2. The second kappa shape index (κ2) is 4.97. The molecule has 0 spiro atoms. The summed E-state index contributed by atoms with van der Waals surface area (Å²) in [6.07, 6.45) is 0.694. The van der Waals surface area contributed by atoms with Gasteiger partial charge in [-0.05, 0) is 25.1 Å². The minimum absolute atomic E-state index is 0.127. The molecule has 0 radical (unpaired) electrons. The summed E-state index contributed by atoms with van der Waals surface area (Å²) in [6, 6.07) is 8.71. The van der Waals surface area contributed by atoms with E-state index in [0.29, 0.717) is 17.0 Å². The van der Waals surface area contributed by atoms with E-state index in [1.807, 2.05) is 6.07 Å². The van der Waals surface area contributed by atoms with Crippen LogP contribution in [-0.2, 0) is 11.3 Å². The maximum atomic E-state index is 12.3. The van der Waals surface area contributed by atoms with Crippen LogP contribution in [0.2, 0.25) is 0 Å². The lowest BCUT2D eigenvalue weighted by molar-refractivity contribution is -0.125. The molecule has 1 amide bonds. The van der Waals surface area contributed by atoms with Gasteiger partial charge in [-0.2, -0.15) is 0 Å². The maximum absolute atomic E-state index is 12.3. The number of nitrogens with zero attached hydrogens (tertiary/aromatic N) is 1. The molecule has 1 aliphatic heterocycles. The Hall–Kier alpha value is -2.76. The summed E-state index contributed by atoms with van der Waals surface area (Å²) >= 11 is 0. The molecular formula is C15H13NO5. The van der Waals surface area contributed by atoms with Crippen LogP contribution < -0.4 is 9.64 Å². The van der Waals surface area contributed by atoms with Crippen molar-refractivity contribution in [3.8, 4) is 5.75 Å². The number of carbonyl (C=O) groups excluding carboxylic acids is 1. The van der Waals surface area contributed by atoms with Crippen LogP contribution in [0, 0.1) is 0 Å². The SMILES string of the molecule is CC1Oc2ccccc2N(Cc2ccoc2C(=O)O)C1=O. The van der Waals surface area contributed by atoms with Gasteiger partial charge in [0.2, 0.25) is 5.76 Å². The summed E-state index contributed by atoms with van der Waals surface area (Å²) in [5, 5.41) is 9.08. The number of fused-ring (bicyclic) bond motifs is 1. The zero-order valence-electron chi connectivity index (χ0n) is 11.3. The molecule has 6 nitrogen and oxygen atoms in total. The Bertz CT molecular complexity index is 706. The first-order chi connectivity index (χ1) is 10.1. The highest BCUT2D eigenvalue weighted by molar-refractivity contribution is 6.00. The summed E-state index contributed by atoms with van der Waals surface area (Å²) < 4.78 is 10.5. The summed E-state index contributed by atoms with van der Waals surface area (Å²) in [5.74, 6) is -0.923. The number of hydrogen-bond donors (Lipinski definition) is 1. The molecule has 1 aromatic heterocycles. The smallest absolute Gasteiger partial charge is 0.372 e. The summed E-state index contributed by atoms with van der Waals surface area (Å²) in [4.78, 5) is 24.9. The van der Waals surface area contributed by atoms with Crippen LogP contribution in [-0.4, -0.2) is 23.1 Å². The molecule has 0 saturated carbocycles. The Labute approximate surface area is 120 Å². The molecule has 3 rings (SSSR count). The first-order valence-corrected chi connectivity index (χ1v) is 6.44. The fourth-order valence-corrected chi connectivity index (χ4v) is 2.34. The fourth-order valence-electron chi connectivity index (χ4n) is 2.34.